The Labute approximate surface area is 196 Å². The normalized spacial score (nSPS) is 19.3. The lowest BCUT2D eigenvalue weighted by Crippen LogP contribution is -2.40. The Bertz CT molecular complexity index is 1100. The molecule has 2 aromatic rings. The summed E-state index contributed by atoms with van der Waals surface area (Å²) in [5, 5.41) is 10.8. The van der Waals surface area contributed by atoms with E-state index in [4.69, 9.17) is 0 Å². The lowest BCUT2D eigenvalue weighted by Gasteiger charge is -2.44. The van der Waals surface area contributed by atoms with Crippen molar-refractivity contribution in [3.63, 3.8) is 0 Å². The average molecular weight is 492 g/mol. The van der Waals surface area contributed by atoms with Gasteiger partial charge in [-0.05, 0) is 55.9 Å². The van der Waals surface area contributed by atoms with Gasteiger partial charge < -0.3 is 10.0 Å². The van der Waals surface area contributed by atoms with Crippen molar-refractivity contribution < 1.29 is 14.7 Å². The van der Waals surface area contributed by atoms with Crippen molar-refractivity contribution in [3.05, 3.63) is 86.7 Å². The van der Waals surface area contributed by atoms with Gasteiger partial charge in [0.1, 0.15) is 5.75 Å². The van der Waals surface area contributed by atoms with Crippen LogP contribution in [0.15, 0.2) is 75.5 Å². The van der Waals surface area contributed by atoms with Gasteiger partial charge in [-0.1, -0.05) is 46.3 Å². The number of phenols is 1. The highest BCUT2D eigenvalue weighted by Crippen LogP contribution is 2.51. The first-order chi connectivity index (χ1) is 15.5. The van der Waals surface area contributed by atoms with Crippen LogP contribution in [0, 0.1) is 0 Å². The summed E-state index contributed by atoms with van der Waals surface area (Å²) < 4.78 is 0.827. The molecule has 4 nitrogen and oxygen atoms in total. The van der Waals surface area contributed by atoms with Crippen molar-refractivity contribution in [1.82, 2.24) is 4.90 Å². The van der Waals surface area contributed by atoms with Gasteiger partial charge in [0.15, 0.2) is 11.6 Å². The number of hydrogen-bond acceptors (Lipinski definition) is 4. The monoisotopic (exact) mass is 491 g/mol. The molecule has 2 aromatic carbocycles. The molecule has 0 fully saturated rings. The third-order valence-corrected chi connectivity index (χ3v) is 7.35. The van der Waals surface area contributed by atoms with Gasteiger partial charge in [-0.15, -0.1) is 0 Å². The number of phenolic OH excluding ortho intramolecular Hbond substituents is 1. The molecule has 2 aliphatic carbocycles. The molecular formula is C27H26BrNO3. The largest absolute Gasteiger partial charge is 0.508 e. The van der Waals surface area contributed by atoms with E-state index in [1.165, 1.54) is 5.56 Å². The van der Waals surface area contributed by atoms with Gasteiger partial charge in [0.25, 0.3) is 0 Å². The van der Waals surface area contributed by atoms with Gasteiger partial charge in [-0.2, -0.15) is 0 Å². The molecule has 0 saturated carbocycles. The molecule has 32 heavy (non-hydrogen) atoms. The summed E-state index contributed by atoms with van der Waals surface area (Å²) in [5.41, 5.74) is 5.42. The van der Waals surface area contributed by atoms with Gasteiger partial charge in [-0.3, -0.25) is 9.59 Å². The number of carbonyl (C=O) groups is 2. The van der Waals surface area contributed by atoms with Gasteiger partial charge in [-0.25, -0.2) is 0 Å². The van der Waals surface area contributed by atoms with Crippen LogP contribution in [0.4, 0.5) is 0 Å². The van der Waals surface area contributed by atoms with Gasteiger partial charge in [0.2, 0.25) is 0 Å². The standard InChI is InChI=1S/C27H26BrNO3/c28-18-12-13-22(30)19(16-18)25-26-20(8-4-10-23(26)31)29(15-14-17-6-2-1-3-7-17)21-9-5-11-24(32)27(21)25/h1-3,6-7,12-13,16,25,30H,4-5,8-11,14-15H2. The minimum atomic E-state index is -0.480. The van der Waals surface area contributed by atoms with Crippen LogP contribution in [0.1, 0.15) is 55.6 Å². The highest BCUT2D eigenvalue weighted by Gasteiger charge is 2.43. The number of benzene rings is 2. The third kappa shape index (κ3) is 3.73. The molecule has 5 heteroatoms. The Morgan fingerprint density at radius 1 is 0.875 bits per heavy atom. The smallest absolute Gasteiger partial charge is 0.161 e. The van der Waals surface area contributed by atoms with Gasteiger partial charge >= 0.3 is 0 Å². The lowest BCUT2D eigenvalue weighted by molar-refractivity contribution is -0.117. The number of allylic oxidation sites excluding steroid dienone is 4. The first-order valence-corrected chi connectivity index (χ1v) is 12.2. The molecule has 0 amide bonds. The van der Waals surface area contributed by atoms with Crippen LogP contribution >= 0.6 is 15.9 Å². The molecule has 0 aromatic heterocycles. The number of Topliss-reactive ketones (excluding diaryl/α,β-unsaturated/α-hetero) is 2. The average Bonchev–Trinajstić information content (AvgIpc) is 2.80. The maximum Gasteiger partial charge on any atom is 0.161 e. The second-order valence-corrected chi connectivity index (χ2v) is 9.71. The van der Waals surface area contributed by atoms with Gasteiger partial charge in [0.05, 0.1) is 0 Å². The van der Waals surface area contributed by atoms with Crippen LogP contribution in [-0.2, 0) is 16.0 Å². The van der Waals surface area contributed by atoms with Crippen LogP contribution in [0.3, 0.4) is 0 Å². The predicted octanol–water partition coefficient (Wildman–Crippen LogP) is 5.81. The van der Waals surface area contributed by atoms with E-state index in [-0.39, 0.29) is 17.3 Å². The number of rotatable bonds is 4. The van der Waals surface area contributed by atoms with E-state index >= 15 is 0 Å². The topological polar surface area (TPSA) is 57.6 Å². The van der Waals surface area contributed by atoms with E-state index in [0.29, 0.717) is 29.6 Å². The van der Waals surface area contributed by atoms with Crippen LogP contribution in [0.2, 0.25) is 0 Å². The van der Waals surface area contributed by atoms with Crippen LogP contribution in [0.5, 0.6) is 5.75 Å². The minimum absolute atomic E-state index is 0.102. The molecule has 0 bridgehead atoms. The third-order valence-electron chi connectivity index (χ3n) is 6.85. The quantitative estimate of drug-likeness (QED) is 0.585. The number of carbonyl (C=O) groups excluding carboxylic acids is 2. The highest BCUT2D eigenvalue weighted by molar-refractivity contribution is 9.10. The van der Waals surface area contributed by atoms with E-state index in [1.807, 2.05) is 24.3 Å². The van der Waals surface area contributed by atoms with Gasteiger partial charge in [0, 0.05) is 57.9 Å². The number of aromatic hydroxyl groups is 1. The Morgan fingerprint density at radius 3 is 2.12 bits per heavy atom. The summed E-state index contributed by atoms with van der Waals surface area (Å²) in [6.45, 7) is 0.749. The Kier molecular flexibility index (Phi) is 5.76. The summed E-state index contributed by atoms with van der Waals surface area (Å²) in [5.74, 6) is -0.145. The first-order valence-electron chi connectivity index (χ1n) is 11.4. The van der Waals surface area contributed by atoms with E-state index in [9.17, 15) is 14.7 Å². The number of halogens is 1. The molecule has 1 N–H and O–H groups in total. The Morgan fingerprint density at radius 2 is 1.50 bits per heavy atom. The van der Waals surface area contributed by atoms with Crippen molar-refractivity contribution in [2.75, 3.05) is 6.54 Å². The molecule has 5 rings (SSSR count). The maximum absolute atomic E-state index is 13.3. The van der Waals surface area contributed by atoms with Crippen molar-refractivity contribution in [2.24, 2.45) is 0 Å². The zero-order valence-electron chi connectivity index (χ0n) is 17.9. The van der Waals surface area contributed by atoms with Crippen LogP contribution in [0.25, 0.3) is 0 Å². The summed E-state index contributed by atoms with van der Waals surface area (Å²) in [4.78, 5) is 28.9. The second-order valence-electron chi connectivity index (χ2n) is 8.80. The molecule has 0 spiro atoms. The van der Waals surface area contributed by atoms with E-state index in [2.05, 4.69) is 33.0 Å². The Hall–Kier alpha value is -2.66. The van der Waals surface area contributed by atoms with Crippen molar-refractivity contribution in [3.8, 4) is 5.75 Å². The fourth-order valence-corrected chi connectivity index (χ4v) is 5.82. The highest BCUT2D eigenvalue weighted by atomic mass is 79.9. The molecule has 0 unspecified atom stereocenters. The Balaban J connectivity index is 1.66. The molecule has 0 atom stereocenters. The molecule has 3 aliphatic rings. The molecule has 1 aliphatic heterocycles. The molecule has 164 valence electrons. The summed E-state index contributed by atoms with van der Waals surface area (Å²) in [6.07, 6.45) is 5.14. The van der Waals surface area contributed by atoms with Crippen LogP contribution < -0.4 is 0 Å². The molecule has 1 heterocycles. The van der Waals surface area contributed by atoms with E-state index < -0.39 is 5.92 Å². The lowest BCUT2D eigenvalue weighted by atomic mass is 9.70. The zero-order valence-corrected chi connectivity index (χ0v) is 19.5. The van der Waals surface area contributed by atoms with Crippen molar-refractivity contribution >= 4 is 27.5 Å². The molecular weight excluding hydrogens is 466 g/mol. The molecule has 0 saturated heterocycles. The first kappa shape index (κ1) is 21.2. The predicted molar refractivity (Wildman–Crippen MR) is 127 cm³/mol. The number of hydrogen-bond donors (Lipinski definition) is 1. The van der Waals surface area contributed by atoms with E-state index in [1.54, 1.807) is 12.1 Å². The minimum Gasteiger partial charge on any atom is -0.508 e. The van der Waals surface area contributed by atoms with Crippen molar-refractivity contribution in [2.45, 2.75) is 50.9 Å². The fourth-order valence-electron chi connectivity index (χ4n) is 5.44. The number of nitrogens with zero attached hydrogens (tertiary/aromatic N) is 1. The maximum atomic E-state index is 13.3. The fraction of sp³-hybridized carbons (Fsp3) is 0.333. The molecule has 0 radical (unpaired) electrons. The summed E-state index contributed by atoms with van der Waals surface area (Å²) in [6, 6.07) is 15.6. The summed E-state index contributed by atoms with van der Waals surface area (Å²) >= 11 is 3.51. The van der Waals surface area contributed by atoms with Crippen molar-refractivity contribution in [1.29, 1.82) is 0 Å². The summed E-state index contributed by atoms with van der Waals surface area (Å²) in [7, 11) is 0. The zero-order chi connectivity index (χ0) is 22.2. The van der Waals surface area contributed by atoms with E-state index in [0.717, 1.165) is 54.5 Å². The van der Waals surface area contributed by atoms with Crippen LogP contribution in [-0.4, -0.2) is 28.1 Å². The number of ketones is 2. The second kappa shape index (κ2) is 8.70. The SMILES string of the molecule is O=C1CCCC2=C1C(c1cc(Br)ccc1O)C1=C(CCCC1=O)N2CCc1ccccc1.